The number of rotatable bonds is 3. The molecular weight excluding hydrogens is 240 g/mol. The van der Waals surface area contributed by atoms with Crippen LogP contribution >= 0.6 is 11.8 Å². The Morgan fingerprint density at radius 1 is 1.22 bits per heavy atom. The van der Waals surface area contributed by atoms with Crippen LogP contribution in [0.5, 0.6) is 0 Å². The maximum absolute atomic E-state index is 3.65. The zero-order valence-corrected chi connectivity index (χ0v) is 13.3. The Morgan fingerprint density at radius 3 is 2.61 bits per heavy atom. The summed E-state index contributed by atoms with van der Waals surface area (Å²) in [6, 6.07) is 1.43. The monoisotopic (exact) mass is 270 g/mol. The third-order valence-corrected chi connectivity index (χ3v) is 6.39. The number of thioether (sulfide) groups is 1. The first-order chi connectivity index (χ1) is 8.63. The highest BCUT2D eigenvalue weighted by molar-refractivity contribution is 7.99. The van der Waals surface area contributed by atoms with Gasteiger partial charge in [-0.1, -0.05) is 20.3 Å². The number of likely N-dealkylation sites (N-methyl/N-ethyl adjacent to an activating group) is 2. The second-order valence-corrected chi connectivity index (χ2v) is 7.61. The van der Waals surface area contributed by atoms with E-state index in [-0.39, 0.29) is 0 Å². The minimum atomic E-state index is 0.692. The fourth-order valence-electron chi connectivity index (χ4n) is 3.74. The molecule has 0 radical (unpaired) electrons. The van der Waals surface area contributed by atoms with Crippen molar-refractivity contribution in [3.05, 3.63) is 0 Å². The first kappa shape index (κ1) is 14.7. The minimum absolute atomic E-state index is 0.692. The van der Waals surface area contributed by atoms with Crippen LogP contribution in [0.15, 0.2) is 0 Å². The van der Waals surface area contributed by atoms with E-state index in [4.69, 9.17) is 0 Å². The topological polar surface area (TPSA) is 15.3 Å². The Balaban J connectivity index is 1.99. The van der Waals surface area contributed by atoms with E-state index in [1.807, 2.05) is 0 Å². The molecule has 1 aliphatic carbocycles. The highest BCUT2D eigenvalue weighted by Gasteiger charge is 2.36. The molecule has 3 heteroatoms. The highest BCUT2D eigenvalue weighted by Crippen LogP contribution is 2.37. The molecule has 1 saturated carbocycles. The van der Waals surface area contributed by atoms with Crippen LogP contribution in [0.2, 0.25) is 0 Å². The highest BCUT2D eigenvalue weighted by atomic mass is 32.2. The van der Waals surface area contributed by atoms with E-state index in [2.05, 4.69) is 49.9 Å². The molecule has 106 valence electrons. The summed E-state index contributed by atoms with van der Waals surface area (Å²) in [6.07, 6.45) is 4.27. The molecule has 0 aromatic heterocycles. The van der Waals surface area contributed by atoms with Gasteiger partial charge < -0.3 is 10.2 Å². The molecule has 5 unspecified atom stereocenters. The fraction of sp³-hybridized carbons (Fsp3) is 1.00. The average Bonchev–Trinajstić information content (AvgIpc) is 2.37. The lowest BCUT2D eigenvalue weighted by Crippen LogP contribution is -2.55. The molecule has 0 aromatic rings. The Kier molecular flexibility index (Phi) is 5.40. The molecule has 0 amide bonds. The smallest absolute Gasteiger partial charge is 0.0339 e. The number of hydrogen-bond acceptors (Lipinski definition) is 3. The molecule has 1 heterocycles. The molecule has 0 bridgehead atoms. The first-order valence-electron chi connectivity index (χ1n) is 7.58. The van der Waals surface area contributed by atoms with Crippen LogP contribution in [0.25, 0.3) is 0 Å². The normalized spacial score (nSPS) is 40.7. The van der Waals surface area contributed by atoms with Crippen LogP contribution in [-0.4, -0.2) is 49.1 Å². The molecule has 5 atom stereocenters. The second-order valence-electron chi connectivity index (χ2n) is 6.47. The lowest BCUT2D eigenvalue weighted by atomic mass is 9.72. The van der Waals surface area contributed by atoms with E-state index in [1.165, 1.54) is 37.3 Å². The Morgan fingerprint density at radius 2 is 2.00 bits per heavy atom. The summed E-state index contributed by atoms with van der Waals surface area (Å²) in [5, 5.41) is 3.65. The molecule has 2 fully saturated rings. The van der Waals surface area contributed by atoms with Crippen molar-refractivity contribution in [2.24, 2.45) is 17.8 Å². The van der Waals surface area contributed by atoms with E-state index in [1.54, 1.807) is 0 Å². The summed E-state index contributed by atoms with van der Waals surface area (Å²) in [5.74, 6) is 5.33. The number of nitrogens with one attached hydrogen (secondary N) is 1. The van der Waals surface area contributed by atoms with Crippen LogP contribution in [0, 0.1) is 17.8 Å². The van der Waals surface area contributed by atoms with E-state index in [0.717, 1.165) is 23.8 Å². The van der Waals surface area contributed by atoms with Crippen molar-refractivity contribution < 1.29 is 0 Å². The molecule has 1 saturated heterocycles. The molecule has 1 N–H and O–H groups in total. The molecule has 2 rings (SSSR count). The van der Waals surface area contributed by atoms with Gasteiger partial charge in [-0.05, 0) is 44.7 Å². The van der Waals surface area contributed by atoms with Crippen molar-refractivity contribution in [3.63, 3.8) is 0 Å². The number of nitrogens with zero attached hydrogens (tertiary/aromatic N) is 1. The SMILES string of the molecule is CNC(C1CCC(C)C(C)C1)C1CSCCN1C. The molecule has 2 aliphatic rings. The molecule has 0 spiro atoms. The van der Waals surface area contributed by atoms with Gasteiger partial charge in [0, 0.05) is 30.1 Å². The summed E-state index contributed by atoms with van der Waals surface area (Å²) in [7, 11) is 4.48. The molecule has 2 nitrogen and oxygen atoms in total. The van der Waals surface area contributed by atoms with Gasteiger partial charge in [0.25, 0.3) is 0 Å². The molecule has 18 heavy (non-hydrogen) atoms. The maximum atomic E-state index is 3.65. The van der Waals surface area contributed by atoms with Gasteiger partial charge in [-0.3, -0.25) is 0 Å². The third-order valence-electron chi connectivity index (χ3n) is 5.34. The predicted molar refractivity (Wildman–Crippen MR) is 82.3 cm³/mol. The third kappa shape index (κ3) is 3.23. The van der Waals surface area contributed by atoms with Gasteiger partial charge >= 0.3 is 0 Å². The van der Waals surface area contributed by atoms with Crippen molar-refractivity contribution in [1.29, 1.82) is 0 Å². The summed E-state index contributed by atoms with van der Waals surface area (Å²) in [6.45, 7) is 6.13. The van der Waals surface area contributed by atoms with E-state index in [0.29, 0.717) is 6.04 Å². The van der Waals surface area contributed by atoms with E-state index >= 15 is 0 Å². The van der Waals surface area contributed by atoms with Crippen molar-refractivity contribution in [1.82, 2.24) is 10.2 Å². The largest absolute Gasteiger partial charge is 0.315 e. The van der Waals surface area contributed by atoms with Gasteiger partial charge in [0.1, 0.15) is 0 Å². The van der Waals surface area contributed by atoms with Gasteiger partial charge in [-0.15, -0.1) is 0 Å². The standard InChI is InChI=1S/C15H30N2S/c1-11-5-6-13(9-12(11)2)15(16-3)14-10-18-8-7-17(14)4/h11-16H,5-10H2,1-4H3. The molecule has 1 aliphatic heterocycles. The average molecular weight is 270 g/mol. The van der Waals surface area contributed by atoms with Crippen molar-refractivity contribution in [3.8, 4) is 0 Å². The Labute approximate surface area is 117 Å². The Hall–Kier alpha value is 0.270. The summed E-state index contributed by atoms with van der Waals surface area (Å²) < 4.78 is 0. The Bertz CT molecular complexity index is 259. The zero-order valence-electron chi connectivity index (χ0n) is 12.5. The van der Waals surface area contributed by atoms with Crippen LogP contribution in [0.1, 0.15) is 33.1 Å². The van der Waals surface area contributed by atoms with E-state index < -0.39 is 0 Å². The van der Waals surface area contributed by atoms with Gasteiger partial charge in [-0.2, -0.15) is 11.8 Å². The van der Waals surface area contributed by atoms with Crippen molar-refractivity contribution >= 4 is 11.8 Å². The second kappa shape index (κ2) is 6.62. The maximum Gasteiger partial charge on any atom is 0.0339 e. The quantitative estimate of drug-likeness (QED) is 0.849. The summed E-state index contributed by atoms with van der Waals surface area (Å²) in [5.41, 5.74) is 0. The number of hydrogen-bond donors (Lipinski definition) is 1. The molecule has 0 aromatic carbocycles. The summed E-state index contributed by atoms with van der Waals surface area (Å²) in [4.78, 5) is 2.58. The summed E-state index contributed by atoms with van der Waals surface area (Å²) >= 11 is 2.13. The van der Waals surface area contributed by atoms with Gasteiger partial charge in [0.2, 0.25) is 0 Å². The fourth-order valence-corrected chi connectivity index (χ4v) is 5.03. The van der Waals surface area contributed by atoms with Crippen LogP contribution in [-0.2, 0) is 0 Å². The lowest BCUT2D eigenvalue weighted by molar-refractivity contribution is 0.119. The van der Waals surface area contributed by atoms with Gasteiger partial charge in [0.05, 0.1) is 0 Å². The van der Waals surface area contributed by atoms with Crippen LogP contribution < -0.4 is 5.32 Å². The van der Waals surface area contributed by atoms with Crippen LogP contribution in [0.4, 0.5) is 0 Å². The predicted octanol–water partition coefficient (Wildman–Crippen LogP) is 2.69. The molecular formula is C15H30N2S. The lowest BCUT2D eigenvalue weighted by Gasteiger charge is -2.44. The zero-order chi connectivity index (χ0) is 13.1. The van der Waals surface area contributed by atoms with Crippen molar-refractivity contribution in [2.45, 2.75) is 45.2 Å². The minimum Gasteiger partial charge on any atom is -0.315 e. The van der Waals surface area contributed by atoms with Crippen molar-refractivity contribution in [2.75, 3.05) is 32.1 Å². The van der Waals surface area contributed by atoms with Gasteiger partial charge in [0.15, 0.2) is 0 Å². The first-order valence-corrected chi connectivity index (χ1v) is 8.74. The van der Waals surface area contributed by atoms with Gasteiger partial charge in [-0.25, -0.2) is 0 Å². The van der Waals surface area contributed by atoms with E-state index in [9.17, 15) is 0 Å². The van der Waals surface area contributed by atoms with Crippen LogP contribution in [0.3, 0.4) is 0 Å².